The molecule has 0 radical (unpaired) electrons. The number of hydrogen-bond donors (Lipinski definition) is 2. The summed E-state index contributed by atoms with van der Waals surface area (Å²) >= 11 is 0. The van der Waals surface area contributed by atoms with Crippen molar-refractivity contribution in [3.8, 4) is 0 Å². The largest absolute Gasteiger partial charge is 0.356 e. The van der Waals surface area contributed by atoms with E-state index in [1.165, 1.54) is 51.4 Å². The van der Waals surface area contributed by atoms with E-state index in [0.29, 0.717) is 6.54 Å². The fourth-order valence-corrected chi connectivity index (χ4v) is 2.84. The highest BCUT2D eigenvalue weighted by molar-refractivity contribution is 5.91. The maximum absolute atomic E-state index is 11.7. The Kier molecular flexibility index (Phi) is 7.07. The minimum absolute atomic E-state index is 0.0828. The normalized spacial score (nSPS) is 14.7. The number of rotatable bonds is 8. The lowest BCUT2D eigenvalue weighted by molar-refractivity contribution is -0.119. The summed E-state index contributed by atoms with van der Waals surface area (Å²) in [7, 11) is 0. The summed E-state index contributed by atoms with van der Waals surface area (Å²) in [6.07, 6.45) is 5.24. The lowest BCUT2D eigenvalue weighted by Crippen LogP contribution is -2.25. The molecule has 0 unspecified atom stereocenters. The molecule has 23 heavy (non-hydrogen) atoms. The third kappa shape index (κ3) is 6.82. The van der Waals surface area contributed by atoms with Crippen LogP contribution in [0.25, 0.3) is 0 Å². The molecule has 0 aromatic heterocycles. The Balaban J connectivity index is 1.66. The van der Waals surface area contributed by atoms with Crippen LogP contribution in [0, 0.1) is 0 Å². The molecule has 1 fully saturated rings. The van der Waals surface area contributed by atoms with Gasteiger partial charge in [-0.25, -0.2) is 0 Å². The van der Waals surface area contributed by atoms with Crippen LogP contribution in [0.5, 0.6) is 0 Å². The Morgan fingerprint density at radius 2 is 1.83 bits per heavy atom. The van der Waals surface area contributed by atoms with Gasteiger partial charge >= 0.3 is 0 Å². The number of amides is 2. The molecule has 1 heterocycles. The van der Waals surface area contributed by atoms with Crippen molar-refractivity contribution in [1.29, 1.82) is 0 Å². The zero-order valence-electron chi connectivity index (χ0n) is 13.9. The summed E-state index contributed by atoms with van der Waals surface area (Å²) in [5, 5.41) is 5.46. The molecule has 2 N–H and O–H groups in total. The van der Waals surface area contributed by atoms with Gasteiger partial charge in [0.25, 0.3) is 0 Å². The summed E-state index contributed by atoms with van der Waals surface area (Å²) in [5.41, 5.74) is 2.11. The molecular formula is C18H27N3O2. The number of benzene rings is 1. The predicted octanol–water partition coefficient (Wildman–Crippen LogP) is 2.18. The summed E-state index contributed by atoms with van der Waals surface area (Å²) in [6, 6.07) is 8.05. The number of aryl methyl sites for hydroxylation is 1. The molecule has 1 aromatic rings. The van der Waals surface area contributed by atoms with E-state index >= 15 is 0 Å². The molecule has 1 saturated heterocycles. The van der Waals surface area contributed by atoms with E-state index in [1.807, 2.05) is 12.1 Å². The van der Waals surface area contributed by atoms with Gasteiger partial charge in [0.2, 0.25) is 11.8 Å². The third-order valence-corrected chi connectivity index (χ3v) is 4.10. The molecule has 5 heteroatoms. The fraction of sp³-hybridized carbons (Fsp3) is 0.556. The van der Waals surface area contributed by atoms with Crippen LogP contribution < -0.4 is 10.6 Å². The Morgan fingerprint density at radius 3 is 2.48 bits per heavy atom. The maximum atomic E-state index is 11.7. The van der Waals surface area contributed by atoms with Crippen molar-refractivity contribution in [2.75, 3.05) is 31.5 Å². The Morgan fingerprint density at radius 1 is 1.13 bits per heavy atom. The van der Waals surface area contributed by atoms with E-state index in [2.05, 4.69) is 27.7 Å². The fourth-order valence-electron chi connectivity index (χ4n) is 2.84. The highest BCUT2D eigenvalue weighted by atomic mass is 16.2. The molecule has 2 rings (SSSR count). The van der Waals surface area contributed by atoms with E-state index in [-0.39, 0.29) is 18.2 Å². The van der Waals surface area contributed by atoms with Crippen molar-refractivity contribution in [1.82, 2.24) is 10.2 Å². The first-order valence-electron chi connectivity index (χ1n) is 8.49. The molecule has 1 aliphatic rings. The minimum Gasteiger partial charge on any atom is -0.356 e. The zero-order chi connectivity index (χ0) is 16.5. The van der Waals surface area contributed by atoms with Crippen molar-refractivity contribution in [3.63, 3.8) is 0 Å². The van der Waals surface area contributed by atoms with E-state index in [9.17, 15) is 9.59 Å². The lowest BCUT2D eigenvalue weighted by Gasteiger charge is -2.14. The molecule has 0 bridgehead atoms. The van der Waals surface area contributed by atoms with Crippen LogP contribution in [0.4, 0.5) is 5.69 Å². The van der Waals surface area contributed by atoms with Gasteiger partial charge in [-0.05, 0) is 63.0 Å². The number of nitrogens with one attached hydrogen (secondary N) is 2. The lowest BCUT2D eigenvalue weighted by atomic mass is 10.1. The minimum atomic E-state index is -0.115. The number of anilines is 1. The van der Waals surface area contributed by atoms with Gasteiger partial charge in [-0.1, -0.05) is 12.1 Å². The first-order chi connectivity index (χ1) is 11.1. The second-order valence-electron chi connectivity index (χ2n) is 6.13. The topological polar surface area (TPSA) is 61.4 Å². The van der Waals surface area contributed by atoms with Gasteiger partial charge < -0.3 is 15.5 Å². The van der Waals surface area contributed by atoms with Crippen molar-refractivity contribution in [2.24, 2.45) is 0 Å². The quantitative estimate of drug-likeness (QED) is 0.772. The molecule has 0 atom stereocenters. The highest BCUT2D eigenvalue weighted by Crippen LogP contribution is 2.13. The molecule has 126 valence electrons. The third-order valence-electron chi connectivity index (χ3n) is 4.10. The number of carbonyl (C=O) groups excluding carboxylic acids is 2. The number of likely N-dealkylation sites (tertiary alicyclic amines) is 1. The van der Waals surface area contributed by atoms with Crippen LogP contribution in [-0.2, 0) is 16.0 Å². The summed E-state index contributed by atoms with van der Waals surface area (Å²) in [4.78, 5) is 25.0. The van der Waals surface area contributed by atoms with Crippen LogP contribution in [0.3, 0.4) is 0 Å². The average molecular weight is 317 g/mol. The van der Waals surface area contributed by atoms with Crippen LogP contribution in [0.1, 0.15) is 38.2 Å². The second-order valence-corrected chi connectivity index (χ2v) is 6.13. The number of hydrogen-bond acceptors (Lipinski definition) is 3. The predicted molar refractivity (Wildman–Crippen MR) is 92.4 cm³/mol. The van der Waals surface area contributed by atoms with Crippen LogP contribution in [0.2, 0.25) is 0 Å². The molecule has 2 amide bonds. The highest BCUT2D eigenvalue weighted by Gasteiger charge is 2.10. The molecule has 0 aliphatic carbocycles. The summed E-state index contributed by atoms with van der Waals surface area (Å²) < 4.78 is 0. The molecule has 0 saturated carbocycles. The van der Waals surface area contributed by atoms with E-state index in [0.717, 1.165) is 12.1 Å². The van der Waals surface area contributed by atoms with Gasteiger partial charge in [0.15, 0.2) is 0 Å². The van der Waals surface area contributed by atoms with Crippen LogP contribution in [0.15, 0.2) is 24.3 Å². The van der Waals surface area contributed by atoms with Gasteiger partial charge in [0, 0.05) is 25.6 Å². The van der Waals surface area contributed by atoms with Crippen molar-refractivity contribution in [3.05, 3.63) is 29.8 Å². The van der Waals surface area contributed by atoms with Gasteiger partial charge in [0.05, 0.1) is 0 Å². The maximum Gasteiger partial charge on any atom is 0.226 e. The van der Waals surface area contributed by atoms with Crippen molar-refractivity contribution >= 4 is 17.5 Å². The van der Waals surface area contributed by atoms with Gasteiger partial charge in [-0.15, -0.1) is 0 Å². The van der Waals surface area contributed by atoms with Crippen molar-refractivity contribution < 1.29 is 9.59 Å². The van der Waals surface area contributed by atoms with E-state index in [1.54, 1.807) is 0 Å². The number of carbonyl (C=O) groups is 2. The summed E-state index contributed by atoms with van der Waals surface area (Å²) in [6.45, 7) is 5.50. The van der Waals surface area contributed by atoms with Crippen molar-refractivity contribution in [2.45, 2.75) is 39.0 Å². The molecule has 0 spiro atoms. The SMILES string of the molecule is CC(=O)NCCC(=O)Nc1ccc(CCCN2CCCC2)cc1. The monoisotopic (exact) mass is 317 g/mol. The van der Waals surface area contributed by atoms with E-state index < -0.39 is 0 Å². The molecule has 5 nitrogen and oxygen atoms in total. The zero-order valence-corrected chi connectivity index (χ0v) is 13.9. The number of nitrogens with zero attached hydrogens (tertiary/aromatic N) is 1. The molecule has 1 aliphatic heterocycles. The molecular weight excluding hydrogens is 290 g/mol. The first-order valence-corrected chi connectivity index (χ1v) is 8.49. The van der Waals surface area contributed by atoms with Gasteiger partial charge in [-0.3, -0.25) is 9.59 Å². The standard InChI is InChI=1S/C18H27N3O2/c1-15(22)19-11-10-18(23)20-17-8-6-16(7-9-17)5-4-14-21-12-2-3-13-21/h6-9H,2-5,10-14H2,1H3,(H,19,22)(H,20,23). The smallest absolute Gasteiger partial charge is 0.226 e. The second kappa shape index (κ2) is 9.30. The van der Waals surface area contributed by atoms with Gasteiger partial charge in [-0.2, -0.15) is 0 Å². The Bertz CT molecular complexity index is 508. The molecule has 1 aromatic carbocycles. The van der Waals surface area contributed by atoms with E-state index in [4.69, 9.17) is 0 Å². The summed E-state index contributed by atoms with van der Waals surface area (Å²) in [5.74, 6) is -0.198. The first kappa shape index (κ1) is 17.5. The Labute approximate surface area is 138 Å². The average Bonchev–Trinajstić information content (AvgIpc) is 3.02. The van der Waals surface area contributed by atoms with Crippen LogP contribution >= 0.6 is 0 Å². The van der Waals surface area contributed by atoms with Crippen LogP contribution in [-0.4, -0.2) is 42.9 Å². The Hall–Kier alpha value is -1.88. The van der Waals surface area contributed by atoms with Gasteiger partial charge in [0.1, 0.15) is 0 Å².